The van der Waals surface area contributed by atoms with Gasteiger partial charge in [0.25, 0.3) is 0 Å². The number of carboxylic acid groups (broad SMARTS) is 1. The summed E-state index contributed by atoms with van der Waals surface area (Å²) in [7, 11) is 0. The normalized spacial score (nSPS) is 11.4. The van der Waals surface area contributed by atoms with Crippen LogP contribution in [0, 0.1) is 0 Å². The second-order valence-electron chi connectivity index (χ2n) is 1.41. The molecule has 0 saturated heterocycles. The predicted octanol–water partition coefficient (Wildman–Crippen LogP) is -1.88. The zero-order valence-corrected chi connectivity index (χ0v) is 4.65. The molecule has 0 saturated carbocycles. The Morgan fingerprint density at radius 3 is 2.40 bits per heavy atom. The maximum atomic E-state index is 9.60. The van der Waals surface area contributed by atoms with E-state index in [2.05, 4.69) is 4.74 Å². The summed E-state index contributed by atoms with van der Waals surface area (Å²) in [6, 6.07) is 0. The van der Waals surface area contributed by atoms with Crippen molar-refractivity contribution in [3.63, 3.8) is 0 Å². The summed E-state index contributed by atoms with van der Waals surface area (Å²) in [6.07, 6.45) is -2.57. The molecule has 0 aromatic rings. The van der Waals surface area contributed by atoms with E-state index in [9.17, 15) is 4.79 Å². The van der Waals surface area contributed by atoms with E-state index in [4.69, 9.17) is 15.3 Å². The Hall–Kier alpha value is 0.450. The van der Waals surface area contributed by atoms with Gasteiger partial charge in [0.05, 0.1) is 6.61 Å². The zero-order chi connectivity index (χ0) is 7.28. The molecule has 0 aliphatic rings. The van der Waals surface area contributed by atoms with Gasteiger partial charge in [0, 0.05) is 0 Å². The third-order valence-corrected chi connectivity index (χ3v) is 0.610. The Balaban J connectivity index is 0. The first-order valence-electron chi connectivity index (χ1n) is 2.31. The topological polar surface area (TPSA) is 87.0 Å². The van der Waals surface area contributed by atoms with Crippen molar-refractivity contribution in [2.45, 2.75) is 6.10 Å². The number of hydrogen-bond acceptors (Lipinski definition) is 4. The van der Waals surface area contributed by atoms with Crippen molar-refractivity contribution in [3.8, 4) is 0 Å². The van der Waals surface area contributed by atoms with Gasteiger partial charge in [-0.1, -0.05) is 0 Å². The summed E-state index contributed by atoms with van der Waals surface area (Å²) in [4.78, 5) is 9.60. The van der Waals surface area contributed by atoms with E-state index in [1.807, 2.05) is 0 Å². The third-order valence-electron chi connectivity index (χ3n) is 0.610. The molecule has 0 fully saturated rings. The van der Waals surface area contributed by atoms with Crippen molar-refractivity contribution in [3.05, 3.63) is 0 Å². The fourth-order valence-corrected chi connectivity index (χ4v) is 0.220. The molecule has 1 unspecified atom stereocenters. The van der Waals surface area contributed by atoms with Gasteiger partial charge < -0.3 is 20.1 Å². The fourth-order valence-electron chi connectivity index (χ4n) is 0.220. The van der Waals surface area contributed by atoms with Crippen LogP contribution in [0.1, 0.15) is 0 Å². The van der Waals surface area contributed by atoms with Crippen molar-refractivity contribution in [2.75, 3.05) is 13.2 Å². The van der Waals surface area contributed by atoms with E-state index in [1.54, 1.807) is 0 Å². The molecule has 5 nitrogen and oxygen atoms in total. The van der Waals surface area contributed by atoms with Gasteiger partial charge in [0.2, 0.25) is 0 Å². The molecule has 0 aromatic carbocycles. The Labute approximate surface area is 87.6 Å². The SMILES string of the molecule is O=C(O)OCC(O)CO.[CaH2]. The fraction of sp³-hybridized carbons (Fsp3) is 0.750. The number of carbonyl (C=O) groups is 1. The molecule has 0 radical (unpaired) electrons. The number of aliphatic hydroxyl groups excluding tert-OH is 2. The third kappa shape index (κ3) is 8.45. The quantitative estimate of drug-likeness (QED) is 0.348. The van der Waals surface area contributed by atoms with E-state index >= 15 is 0 Å². The summed E-state index contributed by atoms with van der Waals surface area (Å²) < 4.78 is 3.90. The van der Waals surface area contributed by atoms with Crippen LogP contribution >= 0.6 is 0 Å². The Morgan fingerprint density at radius 2 is 2.10 bits per heavy atom. The van der Waals surface area contributed by atoms with E-state index < -0.39 is 18.9 Å². The molecule has 58 valence electrons. The molecule has 0 aliphatic heterocycles. The van der Waals surface area contributed by atoms with Gasteiger partial charge in [-0.15, -0.1) is 0 Å². The molecule has 6 heteroatoms. The second kappa shape index (κ2) is 7.56. The van der Waals surface area contributed by atoms with E-state index in [1.165, 1.54) is 0 Å². The van der Waals surface area contributed by atoms with Crippen LogP contribution in [0.15, 0.2) is 0 Å². The standard InChI is InChI=1S/C4H8O5.Ca.2H/c5-1-3(6)2-9-4(7)8;;;/h3,5-6H,1-2H2,(H,7,8);;;. The molecule has 10 heavy (non-hydrogen) atoms. The maximum absolute atomic E-state index is 9.60. The van der Waals surface area contributed by atoms with Crippen molar-refractivity contribution < 1.29 is 24.9 Å². The van der Waals surface area contributed by atoms with Crippen LogP contribution in [-0.2, 0) is 4.74 Å². The van der Waals surface area contributed by atoms with E-state index in [0.29, 0.717) is 0 Å². The molecular weight excluding hydrogens is 168 g/mol. The van der Waals surface area contributed by atoms with Gasteiger partial charge in [0.1, 0.15) is 12.7 Å². The molecule has 0 aromatic heterocycles. The Kier molecular flexibility index (Phi) is 9.87. The molecule has 0 rings (SSSR count). The van der Waals surface area contributed by atoms with Crippen molar-refractivity contribution in [1.29, 1.82) is 0 Å². The number of ether oxygens (including phenoxy) is 1. The molecule has 0 bridgehead atoms. The van der Waals surface area contributed by atoms with Crippen molar-refractivity contribution >= 4 is 43.9 Å². The molecular formula is C4H10CaO5. The second-order valence-corrected chi connectivity index (χ2v) is 1.41. The number of hydrogen-bond donors (Lipinski definition) is 3. The summed E-state index contributed by atoms with van der Waals surface area (Å²) in [6.45, 7) is -0.876. The number of aliphatic hydroxyl groups is 2. The monoisotopic (exact) mass is 178 g/mol. The van der Waals surface area contributed by atoms with Crippen LogP contribution in [0.5, 0.6) is 0 Å². The first-order valence-corrected chi connectivity index (χ1v) is 2.31. The van der Waals surface area contributed by atoms with Crippen LogP contribution in [0.25, 0.3) is 0 Å². The first-order chi connectivity index (χ1) is 4.16. The van der Waals surface area contributed by atoms with E-state index in [-0.39, 0.29) is 44.3 Å². The first kappa shape index (κ1) is 13.1. The predicted molar refractivity (Wildman–Crippen MR) is 35.6 cm³/mol. The van der Waals surface area contributed by atoms with Crippen LogP contribution < -0.4 is 0 Å². The summed E-state index contributed by atoms with van der Waals surface area (Å²) in [5.74, 6) is 0. The van der Waals surface area contributed by atoms with Gasteiger partial charge in [-0.2, -0.15) is 0 Å². The molecule has 1 atom stereocenters. The molecule has 0 aliphatic carbocycles. The average molecular weight is 178 g/mol. The molecule has 0 spiro atoms. The van der Waals surface area contributed by atoms with Crippen molar-refractivity contribution in [1.82, 2.24) is 0 Å². The Morgan fingerprint density at radius 1 is 1.60 bits per heavy atom. The van der Waals surface area contributed by atoms with Crippen LogP contribution in [-0.4, -0.2) is 78.5 Å². The van der Waals surface area contributed by atoms with Gasteiger partial charge in [0.15, 0.2) is 0 Å². The zero-order valence-electron chi connectivity index (χ0n) is 4.65. The van der Waals surface area contributed by atoms with Gasteiger partial charge >= 0.3 is 43.9 Å². The van der Waals surface area contributed by atoms with Crippen molar-refractivity contribution in [2.24, 2.45) is 0 Å². The summed E-state index contributed by atoms with van der Waals surface area (Å²) in [5, 5.41) is 24.4. The Bertz CT molecular complexity index is 95.6. The van der Waals surface area contributed by atoms with Crippen LogP contribution in [0.2, 0.25) is 0 Å². The van der Waals surface area contributed by atoms with Gasteiger partial charge in [-0.3, -0.25) is 0 Å². The number of rotatable bonds is 3. The summed E-state index contributed by atoms with van der Waals surface area (Å²) in [5.41, 5.74) is 0. The minimum atomic E-state index is -1.46. The average Bonchev–Trinajstić information content (AvgIpc) is 1.83. The van der Waals surface area contributed by atoms with Crippen LogP contribution in [0.4, 0.5) is 4.79 Å². The van der Waals surface area contributed by atoms with Crippen LogP contribution in [0.3, 0.4) is 0 Å². The van der Waals surface area contributed by atoms with E-state index in [0.717, 1.165) is 0 Å². The molecule has 0 amide bonds. The van der Waals surface area contributed by atoms with Gasteiger partial charge in [-0.25, -0.2) is 4.79 Å². The molecule has 3 N–H and O–H groups in total. The minimum absolute atomic E-state index is 0. The summed E-state index contributed by atoms with van der Waals surface area (Å²) >= 11 is 0. The van der Waals surface area contributed by atoms with Gasteiger partial charge in [-0.05, 0) is 0 Å². The molecule has 0 heterocycles.